The summed E-state index contributed by atoms with van der Waals surface area (Å²) in [6.45, 7) is 4.27. The third-order valence-corrected chi connectivity index (χ3v) is 4.10. The van der Waals surface area contributed by atoms with Crippen molar-refractivity contribution in [3.8, 4) is 0 Å². The molecule has 106 valence electrons. The molecular formula is C19H20N2. The van der Waals surface area contributed by atoms with Crippen LogP contribution in [0, 0.1) is 13.8 Å². The summed E-state index contributed by atoms with van der Waals surface area (Å²) in [7, 11) is 0. The van der Waals surface area contributed by atoms with Gasteiger partial charge in [0.1, 0.15) is 0 Å². The predicted molar refractivity (Wildman–Crippen MR) is 89.0 cm³/mol. The molecule has 0 saturated heterocycles. The molecule has 0 aromatic heterocycles. The number of benzene rings is 3. The van der Waals surface area contributed by atoms with Gasteiger partial charge in [-0.15, -0.1) is 0 Å². The van der Waals surface area contributed by atoms with Crippen molar-refractivity contribution in [3.05, 3.63) is 82.9 Å². The molecular weight excluding hydrogens is 256 g/mol. The molecule has 3 N–H and O–H groups in total. The maximum atomic E-state index is 5.87. The number of hydrogen-bond acceptors (Lipinski definition) is 2. The number of rotatable bonds is 3. The highest BCUT2D eigenvalue weighted by molar-refractivity contribution is 5.83. The summed E-state index contributed by atoms with van der Waals surface area (Å²) >= 11 is 0. The second-order valence-corrected chi connectivity index (χ2v) is 5.51. The minimum absolute atomic E-state index is 0.0100. The van der Waals surface area contributed by atoms with Crippen molar-refractivity contribution >= 4 is 10.8 Å². The molecule has 2 heteroatoms. The highest BCUT2D eigenvalue weighted by Crippen LogP contribution is 2.29. The maximum Gasteiger partial charge on any atom is 0.0715 e. The lowest BCUT2D eigenvalue weighted by Gasteiger charge is -2.21. The molecule has 0 aliphatic heterocycles. The second kappa shape index (κ2) is 5.68. The molecule has 0 radical (unpaired) electrons. The SMILES string of the molecule is Cc1cccc(C)c1C(NN)c1ccc2ccccc2c1. The fourth-order valence-corrected chi connectivity index (χ4v) is 3.02. The Balaban J connectivity index is 2.14. The molecule has 0 spiro atoms. The lowest BCUT2D eigenvalue weighted by Crippen LogP contribution is -2.30. The number of aryl methyl sites for hydroxylation is 2. The molecule has 1 atom stereocenters. The van der Waals surface area contributed by atoms with Gasteiger partial charge in [-0.3, -0.25) is 5.84 Å². The lowest BCUT2D eigenvalue weighted by molar-refractivity contribution is 0.631. The van der Waals surface area contributed by atoms with Crippen molar-refractivity contribution in [1.82, 2.24) is 5.43 Å². The Kier molecular flexibility index (Phi) is 3.74. The Morgan fingerprint density at radius 1 is 0.810 bits per heavy atom. The van der Waals surface area contributed by atoms with E-state index in [9.17, 15) is 0 Å². The van der Waals surface area contributed by atoms with Crippen LogP contribution >= 0.6 is 0 Å². The smallest absolute Gasteiger partial charge is 0.0715 e. The van der Waals surface area contributed by atoms with Crippen LogP contribution in [-0.2, 0) is 0 Å². The van der Waals surface area contributed by atoms with E-state index in [1.807, 2.05) is 0 Å². The molecule has 21 heavy (non-hydrogen) atoms. The second-order valence-electron chi connectivity index (χ2n) is 5.51. The van der Waals surface area contributed by atoms with Gasteiger partial charge in [0.05, 0.1) is 6.04 Å². The average Bonchev–Trinajstić information content (AvgIpc) is 2.50. The van der Waals surface area contributed by atoms with Crippen LogP contribution < -0.4 is 11.3 Å². The van der Waals surface area contributed by atoms with Gasteiger partial charge in [-0.2, -0.15) is 0 Å². The Hall–Kier alpha value is -2.16. The highest BCUT2D eigenvalue weighted by atomic mass is 15.2. The minimum atomic E-state index is 0.0100. The van der Waals surface area contributed by atoms with E-state index in [1.54, 1.807) is 0 Å². The van der Waals surface area contributed by atoms with Gasteiger partial charge in [0.2, 0.25) is 0 Å². The van der Waals surface area contributed by atoms with Gasteiger partial charge in [-0.1, -0.05) is 54.6 Å². The first kappa shape index (κ1) is 13.8. The fraction of sp³-hybridized carbons (Fsp3) is 0.158. The van der Waals surface area contributed by atoms with Gasteiger partial charge in [0.25, 0.3) is 0 Å². The lowest BCUT2D eigenvalue weighted by atomic mass is 9.91. The number of hydrazine groups is 1. The van der Waals surface area contributed by atoms with Crippen LogP contribution in [0.3, 0.4) is 0 Å². The first-order chi connectivity index (χ1) is 10.2. The summed E-state index contributed by atoms with van der Waals surface area (Å²) in [5.41, 5.74) is 7.94. The van der Waals surface area contributed by atoms with E-state index in [1.165, 1.54) is 33.0 Å². The van der Waals surface area contributed by atoms with Crippen LogP contribution in [0.1, 0.15) is 28.3 Å². The molecule has 3 aromatic carbocycles. The van der Waals surface area contributed by atoms with Gasteiger partial charge in [0, 0.05) is 0 Å². The fourth-order valence-electron chi connectivity index (χ4n) is 3.02. The zero-order chi connectivity index (χ0) is 14.8. The number of nitrogens with two attached hydrogens (primary N) is 1. The Morgan fingerprint density at radius 2 is 1.48 bits per heavy atom. The van der Waals surface area contributed by atoms with E-state index < -0.39 is 0 Å². The molecule has 3 aromatic rings. The highest BCUT2D eigenvalue weighted by Gasteiger charge is 2.16. The molecule has 0 amide bonds. The summed E-state index contributed by atoms with van der Waals surface area (Å²) in [5.74, 6) is 5.87. The van der Waals surface area contributed by atoms with Gasteiger partial charge in [-0.25, -0.2) is 5.43 Å². The first-order valence-corrected chi connectivity index (χ1v) is 7.21. The van der Waals surface area contributed by atoms with E-state index in [2.05, 4.69) is 79.9 Å². The molecule has 0 aliphatic rings. The molecule has 0 fully saturated rings. The largest absolute Gasteiger partial charge is 0.271 e. The zero-order valence-corrected chi connectivity index (χ0v) is 12.4. The van der Waals surface area contributed by atoms with E-state index in [0.717, 1.165) is 0 Å². The first-order valence-electron chi connectivity index (χ1n) is 7.21. The van der Waals surface area contributed by atoms with Crippen LogP contribution in [0.25, 0.3) is 10.8 Å². The summed E-state index contributed by atoms with van der Waals surface area (Å²) in [6, 6.07) is 21.3. The molecule has 0 bridgehead atoms. The molecule has 0 aliphatic carbocycles. The van der Waals surface area contributed by atoms with Crippen LogP contribution in [0.15, 0.2) is 60.7 Å². The third kappa shape index (κ3) is 2.56. The topological polar surface area (TPSA) is 38.0 Å². The van der Waals surface area contributed by atoms with Gasteiger partial charge in [0.15, 0.2) is 0 Å². The quantitative estimate of drug-likeness (QED) is 0.560. The van der Waals surface area contributed by atoms with E-state index in [-0.39, 0.29) is 6.04 Å². The van der Waals surface area contributed by atoms with Crippen molar-refractivity contribution < 1.29 is 0 Å². The molecule has 3 rings (SSSR count). The van der Waals surface area contributed by atoms with E-state index >= 15 is 0 Å². The monoisotopic (exact) mass is 276 g/mol. The van der Waals surface area contributed by atoms with Gasteiger partial charge >= 0.3 is 0 Å². The number of hydrogen-bond donors (Lipinski definition) is 2. The molecule has 0 heterocycles. The van der Waals surface area contributed by atoms with E-state index in [4.69, 9.17) is 5.84 Å². The third-order valence-electron chi connectivity index (χ3n) is 4.10. The van der Waals surface area contributed by atoms with Crippen LogP contribution in [0.2, 0.25) is 0 Å². The van der Waals surface area contributed by atoms with Crippen LogP contribution in [0.5, 0.6) is 0 Å². The molecule has 1 unspecified atom stereocenters. The standard InChI is InChI=1S/C19H20N2/c1-13-6-5-7-14(2)18(13)19(21-20)17-11-10-15-8-3-4-9-16(15)12-17/h3-12,19,21H,20H2,1-2H3. The summed E-state index contributed by atoms with van der Waals surface area (Å²) in [4.78, 5) is 0. The van der Waals surface area contributed by atoms with Crippen molar-refractivity contribution in [3.63, 3.8) is 0 Å². The van der Waals surface area contributed by atoms with Crippen LogP contribution in [-0.4, -0.2) is 0 Å². The average molecular weight is 276 g/mol. The summed E-state index contributed by atoms with van der Waals surface area (Å²) < 4.78 is 0. The van der Waals surface area contributed by atoms with Crippen molar-refractivity contribution in [1.29, 1.82) is 0 Å². The van der Waals surface area contributed by atoms with E-state index in [0.29, 0.717) is 0 Å². The maximum absolute atomic E-state index is 5.87. The van der Waals surface area contributed by atoms with Gasteiger partial charge in [-0.05, 0) is 52.9 Å². The molecule has 0 saturated carbocycles. The molecule has 2 nitrogen and oxygen atoms in total. The van der Waals surface area contributed by atoms with Crippen molar-refractivity contribution in [2.24, 2.45) is 5.84 Å². The summed E-state index contributed by atoms with van der Waals surface area (Å²) in [5, 5.41) is 2.49. The van der Waals surface area contributed by atoms with Gasteiger partial charge < -0.3 is 0 Å². The number of fused-ring (bicyclic) bond motifs is 1. The number of nitrogens with one attached hydrogen (secondary N) is 1. The predicted octanol–water partition coefficient (Wildman–Crippen LogP) is 4.01. The van der Waals surface area contributed by atoms with Crippen molar-refractivity contribution in [2.75, 3.05) is 0 Å². The van der Waals surface area contributed by atoms with Crippen LogP contribution in [0.4, 0.5) is 0 Å². The Morgan fingerprint density at radius 3 is 2.14 bits per heavy atom. The minimum Gasteiger partial charge on any atom is -0.271 e. The Bertz CT molecular complexity index is 757. The zero-order valence-electron chi connectivity index (χ0n) is 12.4. The normalized spacial score (nSPS) is 12.5. The summed E-state index contributed by atoms with van der Waals surface area (Å²) in [6.07, 6.45) is 0. The van der Waals surface area contributed by atoms with Crippen molar-refractivity contribution in [2.45, 2.75) is 19.9 Å². The Labute approximate surface area is 125 Å².